The van der Waals surface area contributed by atoms with Crippen LogP contribution in [0.5, 0.6) is 11.5 Å². The molecule has 0 aliphatic heterocycles. The Morgan fingerprint density at radius 2 is 1.04 bits per heavy atom. The van der Waals surface area contributed by atoms with Crippen molar-refractivity contribution in [3.8, 4) is 11.5 Å². The smallest absolute Gasteiger partial charge is 0.200 e. The Kier molecular flexibility index (Phi) is 10.4. The lowest BCUT2D eigenvalue weighted by Crippen LogP contribution is -2.33. The van der Waals surface area contributed by atoms with Crippen LogP contribution in [0.15, 0.2) is 82.5 Å². The lowest BCUT2D eigenvalue weighted by atomic mass is 9.86. The molecule has 10 heteroatoms. The summed E-state index contributed by atoms with van der Waals surface area (Å²) in [4.78, 5) is 4.74. The van der Waals surface area contributed by atoms with Gasteiger partial charge in [0.05, 0.1) is 23.7 Å². The second kappa shape index (κ2) is 14.0. The third kappa shape index (κ3) is 6.79. The Morgan fingerprint density at radius 3 is 1.50 bits per heavy atom. The predicted molar refractivity (Wildman–Crippen MR) is 202 cm³/mol. The van der Waals surface area contributed by atoms with Crippen LogP contribution in [0.4, 0.5) is 33.3 Å². The molecule has 272 valence electrons. The quantitative estimate of drug-likeness (QED) is 0.0600. The van der Waals surface area contributed by atoms with Gasteiger partial charge in [0.2, 0.25) is 5.82 Å². The summed E-state index contributed by atoms with van der Waals surface area (Å²) in [7, 11) is -4.67. The molecule has 5 aromatic rings. The lowest BCUT2D eigenvalue weighted by molar-refractivity contribution is 0.384. The van der Waals surface area contributed by atoms with Gasteiger partial charge in [0.15, 0.2) is 23.3 Å². The molecule has 0 aromatic heterocycles. The second-order valence-electron chi connectivity index (χ2n) is 15.1. The first-order valence-electron chi connectivity index (χ1n) is 16.7. The normalized spacial score (nSPS) is 12.5. The Balaban J connectivity index is 2.08. The van der Waals surface area contributed by atoms with Gasteiger partial charge in [-0.15, -0.1) is 0 Å². The monoisotopic (exact) mass is 732 g/mol. The SMILES string of the molecule is Cc1cc(C)c(N=Cc2ccccc2N=P(c2cccc(C(C)(C)C)c2O)(c2cccc(C(C)(C)C)c2O)c2c(F)c(F)c(F)c(F)c2F)c(C)c1. The molecule has 0 saturated heterocycles. The molecular weight excluding hydrogens is 690 g/mol. The van der Waals surface area contributed by atoms with Crippen molar-refractivity contribution in [1.82, 2.24) is 0 Å². The number of phenolic OH excluding ortho intramolecular Hbond substituents is 2. The summed E-state index contributed by atoms with van der Waals surface area (Å²) in [6.45, 7) is 16.6. The molecule has 0 heterocycles. The van der Waals surface area contributed by atoms with Crippen molar-refractivity contribution in [2.45, 2.75) is 73.1 Å². The molecule has 0 saturated carbocycles. The first kappa shape index (κ1) is 38.5. The Morgan fingerprint density at radius 1 is 0.596 bits per heavy atom. The Hall–Kier alpha value is -4.75. The summed E-state index contributed by atoms with van der Waals surface area (Å²) in [5.74, 6) is -11.8. The maximum atomic E-state index is 16.6. The standard InChI is InChI=1S/C42H42F5N2O2P/c1-23-20-24(2)37(25(3)21-23)48-22-26-14-10-11-17-29(26)49-52(30-18-12-15-27(38(30)50)41(4,5)6,31-19-13-16-28(39(31)51)42(7,8)9)40-35(46)33(44)32(43)34(45)36(40)47/h10-22,50-51H,1-9H3. The molecule has 0 spiro atoms. The van der Waals surface area contributed by atoms with E-state index in [2.05, 4.69) is 0 Å². The van der Waals surface area contributed by atoms with E-state index in [1.807, 2.05) is 32.9 Å². The molecule has 2 N–H and O–H groups in total. The molecule has 0 atom stereocenters. The van der Waals surface area contributed by atoms with Crippen LogP contribution in [0.1, 0.15) is 74.9 Å². The molecule has 5 rings (SSSR count). The number of aromatic hydroxyl groups is 2. The van der Waals surface area contributed by atoms with Gasteiger partial charge in [0.25, 0.3) is 0 Å². The van der Waals surface area contributed by atoms with Crippen LogP contribution in [-0.4, -0.2) is 16.4 Å². The number of benzene rings is 5. The van der Waals surface area contributed by atoms with Crippen molar-refractivity contribution >= 4 is 40.6 Å². The molecule has 0 fully saturated rings. The zero-order valence-corrected chi connectivity index (χ0v) is 31.5. The van der Waals surface area contributed by atoms with Crippen molar-refractivity contribution in [1.29, 1.82) is 0 Å². The number of nitrogens with zero attached hydrogens (tertiary/aromatic N) is 2. The number of phenols is 2. The predicted octanol–water partition coefficient (Wildman–Crippen LogP) is 10.9. The molecule has 5 aromatic carbocycles. The van der Waals surface area contributed by atoms with Crippen LogP contribution < -0.4 is 15.9 Å². The molecule has 0 aliphatic carbocycles. The molecule has 0 radical (unpaired) electrons. The van der Waals surface area contributed by atoms with Crippen LogP contribution in [0.3, 0.4) is 0 Å². The minimum absolute atomic E-state index is 0.0760. The molecule has 4 nitrogen and oxygen atoms in total. The third-order valence-electron chi connectivity index (χ3n) is 9.02. The minimum atomic E-state index is -4.67. The number of aliphatic imine (C=N–C) groups is 1. The Labute approximate surface area is 301 Å². The number of halogens is 5. The molecular formula is C42H42F5N2O2P. The first-order chi connectivity index (χ1) is 24.2. The van der Waals surface area contributed by atoms with E-state index in [1.54, 1.807) is 71.9 Å². The number of aryl methyl sites for hydroxylation is 3. The Bertz CT molecular complexity index is 2180. The number of hydrogen-bond acceptors (Lipinski definition) is 4. The fourth-order valence-corrected chi connectivity index (χ4v) is 10.3. The first-order valence-corrected chi connectivity index (χ1v) is 18.5. The van der Waals surface area contributed by atoms with Crippen LogP contribution in [-0.2, 0) is 10.8 Å². The van der Waals surface area contributed by atoms with E-state index in [-0.39, 0.29) is 16.3 Å². The maximum Gasteiger partial charge on any atom is 0.200 e. The highest BCUT2D eigenvalue weighted by atomic mass is 31.2. The summed E-state index contributed by atoms with van der Waals surface area (Å²) < 4.78 is 83.7. The summed E-state index contributed by atoms with van der Waals surface area (Å²) in [6, 6.07) is 19.5. The van der Waals surface area contributed by atoms with Crippen molar-refractivity contribution < 1.29 is 32.2 Å². The van der Waals surface area contributed by atoms with Gasteiger partial charge in [-0.1, -0.05) is 102 Å². The number of para-hydroxylation sites is 2. The van der Waals surface area contributed by atoms with Gasteiger partial charge in [-0.25, -0.2) is 22.0 Å². The molecule has 0 unspecified atom stereocenters. The van der Waals surface area contributed by atoms with Gasteiger partial charge >= 0.3 is 0 Å². The van der Waals surface area contributed by atoms with Crippen LogP contribution >= 0.6 is 7.05 Å². The average Bonchev–Trinajstić information content (AvgIpc) is 3.05. The van der Waals surface area contributed by atoms with Gasteiger partial charge in [0.1, 0.15) is 11.5 Å². The van der Waals surface area contributed by atoms with Crippen molar-refractivity contribution in [3.63, 3.8) is 0 Å². The van der Waals surface area contributed by atoms with Crippen molar-refractivity contribution in [2.24, 2.45) is 9.74 Å². The van der Waals surface area contributed by atoms with E-state index >= 15 is 17.6 Å². The third-order valence-corrected chi connectivity index (χ3v) is 12.7. The minimum Gasteiger partial charge on any atom is -0.507 e. The van der Waals surface area contributed by atoms with Crippen molar-refractivity contribution in [3.05, 3.63) is 135 Å². The van der Waals surface area contributed by atoms with Crippen LogP contribution in [0.2, 0.25) is 0 Å². The van der Waals surface area contributed by atoms with Gasteiger partial charge in [-0.05, 0) is 72.1 Å². The van der Waals surface area contributed by atoms with E-state index in [9.17, 15) is 14.6 Å². The molecule has 0 amide bonds. The van der Waals surface area contributed by atoms with E-state index in [4.69, 9.17) is 9.74 Å². The summed E-state index contributed by atoms with van der Waals surface area (Å²) >= 11 is 0. The van der Waals surface area contributed by atoms with Crippen LogP contribution in [0, 0.1) is 49.9 Å². The highest BCUT2D eigenvalue weighted by molar-refractivity contribution is 7.87. The highest BCUT2D eigenvalue weighted by Crippen LogP contribution is 2.56. The lowest BCUT2D eigenvalue weighted by Gasteiger charge is -2.32. The molecule has 0 bridgehead atoms. The van der Waals surface area contributed by atoms with Gasteiger partial charge in [-0.2, -0.15) is 0 Å². The van der Waals surface area contributed by atoms with Gasteiger partial charge in [-0.3, -0.25) is 9.74 Å². The average molecular weight is 733 g/mol. The molecule has 52 heavy (non-hydrogen) atoms. The number of rotatable bonds is 6. The van der Waals surface area contributed by atoms with E-state index in [0.29, 0.717) is 22.4 Å². The topological polar surface area (TPSA) is 65.2 Å². The van der Waals surface area contributed by atoms with Gasteiger partial charge < -0.3 is 10.2 Å². The zero-order chi connectivity index (χ0) is 38.5. The summed E-state index contributed by atoms with van der Waals surface area (Å²) in [5.41, 5.74) is 3.16. The molecule has 0 aliphatic rings. The van der Waals surface area contributed by atoms with Gasteiger partial charge in [0, 0.05) is 22.4 Å². The summed E-state index contributed by atoms with van der Waals surface area (Å²) in [5, 5.41) is 22.6. The maximum absolute atomic E-state index is 16.6. The fourth-order valence-electron chi connectivity index (χ4n) is 6.56. The van der Waals surface area contributed by atoms with E-state index < -0.39 is 63.8 Å². The fraction of sp³-hybridized carbons (Fsp3) is 0.262. The second-order valence-corrected chi connectivity index (χ2v) is 17.9. The number of hydrogen-bond donors (Lipinski definition) is 2. The van der Waals surface area contributed by atoms with Crippen LogP contribution in [0.25, 0.3) is 0 Å². The van der Waals surface area contributed by atoms with E-state index in [0.717, 1.165) is 16.7 Å². The zero-order valence-electron chi connectivity index (χ0n) is 30.6. The van der Waals surface area contributed by atoms with E-state index in [1.165, 1.54) is 36.5 Å². The summed E-state index contributed by atoms with van der Waals surface area (Å²) in [6.07, 6.45) is 1.52. The largest absolute Gasteiger partial charge is 0.507 e. The highest BCUT2D eigenvalue weighted by Gasteiger charge is 2.43. The van der Waals surface area contributed by atoms with Crippen molar-refractivity contribution in [2.75, 3.05) is 0 Å².